The molecule has 1 aromatic heterocycles. The van der Waals surface area contributed by atoms with Gasteiger partial charge in [0.2, 0.25) is 0 Å². The van der Waals surface area contributed by atoms with E-state index in [4.69, 9.17) is 9.84 Å². The number of aliphatic hydroxyl groups excluding tert-OH is 1. The van der Waals surface area contributed by atoms with Crippen molar-refractivity contribution in [1.29, 1.82) is 0 Å². The molecule has 2 N–H and O–H groups in total. The predicted octanol–water partition coefficient (Wildman–Crippen LogP) is 2.19. The van der Waals surface area contributed by atoms with Gasteiger partial charge in [0.1, 0.15) is 17.4 Å². The summed E-state index contributed by atoms with van der Waals surface area (Å²) in [5.74, 6) is 0.853. The highest BCUT2D eigenvalue weighted by molar-refractivity contribution is 7.09. The van der Waals surface area contributed by atoms with Gasteiger partial charge in [-0.25, -0.2) is 4.98 Å². The molecule has 2 rings (SSSR count). The molecule has 0 bridgehead atoms. The second kappa shape index (κ2) is 7.23. The van der Waals surface area contributed by atoms with E-state index in [-0.39, 0.29) is 6.10 Å². The molecule has 102 valence electrons. The van der Waals surface area contributed by atoms with Crippen molar-refractivity contribution < 1.29 is 9.84 Å². The number of nitrogens with zero attached hydrogens (tertiary/aromatic N) is 1. The van der Waals surface area contributed by atoms with Gasteiger partial charge in [-0.1, -0.05) is 18.2 Å². The highest BCUT2D eigenvalue weighted by Gasteiger charge is 2.03. The van der Waals surface area contributed by atoms with Crippen molar-refractivity contribution in [2.45, 2.75) is 26.2 Å². The van der Waals surface area contributed by atoms with E-state index in [9.17, 15) is 0 Å². The molecule has 1 unspecified atom stereocenters. The molecule has 5 heteroatoms. The Hall–Kier alpha value is -1.43. The maximum Gasteiger partial charge on any atom is 0.140 e. The molecule has 0 amide bonds. The Morgan fingerprint density at radius 3 is 2.89 bits per heavy atom. The third-order valence-electron chi connectivity index (χ3n) is 2.45. The van der Waals surface area contributed by atoms with Crippen LogP contribution in [0.15, 0.2) is 35.7 Å². The molecule has 0 radical (unpaired) electrons. The second-order valence-electron chi connectivity index (χ2n) is 4.31. The van der Waals surface area contributed by atoms with Crippen molar-refractivity contribution in [2.24, 2.45) is 0 Å². The summed E-state index contributed by atoms with van der Waals surface area (Å²) in [5.41, 5.74) is 0.984. The summed E-state index contributed by atoms with van der Waals surface area (Å²) in [6.07, 6.45) is -0.334. The summed E-state index contributed by atoms with van der Waals surface area (Å²) >= 11 is 1.59. The molecule has 1 aromatic carbocycles. The van der Waals surface area contributed by atoms with Crippen LogP contribution in [0.4, 0.5) is 0 Å². The third kappa shape index (κ3) is 4.98. The van der Waals surface area contributed by atoms with Crippen molar-refractivity contribution in [1.82, 2.24) is 10.3 Å². The topological polar surface area (TPSA) is 54.4 Å². The van der Waals surface area contributed by atoms with Crippen LogP contribution < -0.4 is 10.1 Å². The standard InChI is InChI=1S/C14H18N2O2S/c1-11(17)7-15-8-12-10-19-14(16-12)9-18-13-5-3-2-4-6-13/h2-6,10-11,15,17H,7-9H2,1H3. The minimum atomic E-state index is -0.334. The minimum absolute atomic E-state index is 0.334. The van der Waals surface area contributed by atoms with Gasteiger partial charge in [-0.3, -0.25) is 0 Å². The van der Waals surface area contributed by atoms with E-state index in [2.05, 4.69) is 10.3 Å². The maximum atomic E-state index is 9.15. The van der Waals surface area contributed by atoms with Gasteiger partial charge >= 0.3 is 0 Å². The largest absolute Gasteiger partial charge is 0.486 e. The second-order valence-corrected chi connectivity index (χ2v) is 5.26. The van der Waals surface area contributed by atoms with Crippen LogP contribution in [-0.4, -0.2) is 22.7 Å². The Morgan fingerprint density at radius 1 is 1.37 bits per heavy atom. The summed E-state index contributed by atoms with van der Waals surface area (Å²) < 4.78 is 5.64. The van der Waals surface area contributed by atoms with Crippen LogP contribution in [0.5, 0.6) is 5.75 Å². The highest BCUT2D eigenvalue weighted by atomic mass is 32.1. The van der Waals surface area contributed by atoms with Gasteiger partial charge in [0, 0.05) is 18.5 Å². The molecule has 0 spiro atoms. The first-order chi connectivity index (χ1) is 9.24. The van der Waals surface area contributed by atoms with Crippen molar-refractivity contribution in [3.63, 3.8) is 0 Å². The number of thiazole rings is 1. The molecular weight excluding hydrogens is 260 g/mol. The molecule has 0 aliphatic carbocycles. The monoisotopic (exact) mass is 278 g/mol. The van der Waals surface area contributed by atoms with E-state index >= 15 is 0 Å². The summed E-state index contributed by atoms with van der Waals surface area (Å²) in [6, 6.07) is 9.71. The molecule has 0 aliphatic rings. The van der Waals surface area contributed by atoms with E-state index in [1.54, 1.807) is 18.3 Å². The van der Waals surface area contributed by atoms with Gasteiger partial charge in [-0.05, 0) is 19.1 Å². The Labute approximate surface area is 117 Å². The zero-order valence-corrected chi connectivity index (χ0v) is 11.7. The van der Waals surface area contributed by atoms with Crippen molar-refractivity contribution in [3.8, 4) is 5.75 Å². The summed E-state index contributed by atoms with van der Waals surface area (Å²) in [6.45, 7) is 3.50. The van der Waals surface area contributed by atoms with Gasteiger partial charge in [-0.2, -0.15) is 0 Å². The number of benzene rings is 1. The number of hydrogen-bond donors (Lipinski definition) is 2. The molecular formula is C14H18N2O2S. The first-order valence-corrected chi connectivity index (χ1v) is 7.12. The number of aliphatic hydroxyl groups is 1. The lowest BCUT2D eigenvalue weighted by atomic mass is 10.3. The number of para-hydroxylation sites is 1. The van der Waals surface area contributed by atoms with Crippen LogP contribution in [0.1, 0.15) is 17.6 Å². The van der Waals surface area contributed by atoms with Crippen molar-refractivity contribution in [2.75, 3.05) is 6.54 Å². The predicted molar refractivity (Wildman–Crippen MR) is 76.3 cm³/mol. The first kappa shape index (κ1) is 14.0. The Kier molecular flexibility index (Phi) is 5.32. The fourth-order valence-electron chi connectivity index (χ4n) is 1.57. The average molecular weight is 278 g/mol. The zero-order chi connectivity index (χ0) is 13.5. The van der Waals surface area contributed by atoms with Crippen LogP contribution in [0.3, 0.4) is 0 Å². The molecule has 19 heavy (non-hydrogen) atoms. The number of rotatable bonds is 7. The number of aromatic nitrogens is 1. The number of hydrogen-bond acceptors (Lipinski definition) is 5. The number of nitrogens with one attached hydrogen (secondary N) is 1. The lowest BCUT2D eigenvalue weighted by Crippen LogP contribution is -2.23. The fraction of sp³-hybridized carbons (Fsp3) is 0.357. The van der Waals surface area contributed by atoms with Gasteiger partial charge < -0.3 is 15.2 Å². The quantitative estimate of drug-likeness (QED) is 0.815. The smallest absolute Gasteiger partial charge is 0.140 e. The van der Waals surface area contributed by atoms with Gasteiger partial charge in [0.15, 0.2) is 0 Å². The molecule has 2 aromatic rings. The third-order valence-corrected chi connectivity index (χ3v) is 3.32. The van der Waals surface area contributed by atoms with Crippen LogP contribution in [0, 0.1) is 0 Å². The molecule has 1 atom stereocenters. The van der Waals surface area contributed by atoms with Crippen molar-refractivity contribution in [3.05, 3.63) is 46.4 Å². The van der Waals surface area contributed by atoms with E-state index in [0.717, 1.165) is 16.5 Å². The minimum Gasteiger partial charge on any atom is -0.486 e. The Balaban J connectivity index is 1.77. The number of ether oxygens (including phenoxy) is 1. The Morgan fingerprint density at radius 2 is 2.16 bits per heavy atom. The van der Waals surface area contributed by atoms with Crippen LogP contribution in [0.2, 0.25) is 0 Å². The normalized spacial score (nSPS) is 12.3. The van der Waals surface area contributed by atoms with Gasteiger partial charge in [-0.15, -0.1) is 11.3 Å². The van der Waals surface area contributed by atoms with Gasteiger partial charge in [0.25, 0.3) is 0 Å². The van der Waals surface area contributed by atoms with Crippen LogP contribution in [-0.2, 0) is 13.2 Å². The van der Waals surface area contributed by atoms with E-state index in [0.29, 0.717) is 19.7 Å². The average Bonchev–Trinajstić information content (AvgIpc) is 2.85. The lowest BCUT2D eigenvalue weighted by Gasteiger charge is -2.04. The van der Waals surface area contributed by atoms with Crippen molar-refractivity contribution >= 4 is 11.3 Å². The van der Waals surface area contributed by atoms with Crippen LogP contribution >= 0.6 is 11.3 Å². The summed E-state index contributed by atoms with van der Waals surface area (Å²) in [7, 11) is 0. The summed E-state index contributed by atoms with van der Waals surface area (Å²) in [4.78, 5) is 4.47. The molecule has 4 nitrogen and oxygen atoms in total. The van der Waals surface area contributed by atoms with E-state index in [1.165, 1.54) is 0 Å². The maximum absolute atomic E-state index is 9.15. The highest BCUT2D eigenvalue weighted by Crippen LogP contribution is 2.14. The Bertz CT molecular complexity index is 485. The fourth-order valence-corrected chi connectivity index (χ4v) is 2.27. The van der Waals surface area contributed by atoms with Crippen LogP contribution in [0.25, 0.3) is 0 Å². The SMILES string of the molecule is CC(O)CNCc1csc(COc2ccccc2)n1. The molecule has 0 aliphatic heterocycles. The first-order valence-electron chi connectivity index (χ1n) is 6.24. The van der Waals surface area contributed by atoms with Gasteiger partial charge in [0.05, 0.1) is 11.8 Å². The van der Waals surface area contributed by atoms with E-state index < -0.39 is 0 Å². The molecule has 0 fully saturated rings. The molecule has 0 saturated heterocycles. The summed E-state index contributed by atoms with van der Waals surface area (Å²) in [5, 5.41) is 15.3. The molecule has 0 saturated carbocycles. The zero-order valence-electron chi connectivity index (χ0n) is 10.9. The molecule has 1 heterocycles. The lowest BCUT2D eigenvalue weighted by molar-refractivity contribution is 0.191. The van der Waals surface area contributed by atoms with E-state index in [1.807, 2.05) is 35.7 Å².